The van der Waals surface area contributed by atoms with Gasteiger partial charge in [0.15, 0.2) is 0 Å². The maximum atomic E-state index is 12.9. The fourth-order valence-corrected chi connectivity index (χ4v) is 6.58. The third-order valence-corrected chi connectivity index (χ3v) is 8.85. The number of aryl methyl sites for hydroxylation is 1. The first-order valence-corrected chi connectivity index (χ1v) is 15.6. The number of fused-ring (bicyclic) bond motifs is 1. The first-order chi connectivity index (χ1) is 20.7. The average Bonchev–Trinajstić information content (AvgIpc) is 3.43. The van der Waals surface area contributed by atoms with Crippen LogP contribution < -0.4 is 0 Å². The van der Waals surface area contributed by atoms with Crippen LogP contribution in [-0.4, -0.2) is 97.2 Å². The summed E-state index contributed by atoms with van der Waals surface area (Å²) in [6.07, 6.45) is 4.09. The average molecular weight is 630 g/mol. The number of ether oxygens (including phenoxy) is 2. The molecule has 1 atom stereocenters. The Morgan fingerprint density at radius 1 is 0.930 bits per heavy atom. The molecule has 2 aromatic carbocycles. The Balaban J connectivity index is 1.14. The molecule has 0 aromatic heterocycles. The second-order valence-corrected chi connectivity index (χ2v) is 12.1. The predicted molar refractivity (Wildman–Crippen MR) is 166 cm³/mol. The highest BCUT2D eigenvalue weighted by atomic mass is 35.5. The summed E-state index contributed by atoms with van der Waals surface area (Å²) in [5, 5.41) is 1.00. The summed E-state index contributed by atoms with van der Waals surface area (Å²) in [6, 6.07) is 11.6. The van der Waals surface area contributed by atoms with Gasteiger partial charge in [-0.1, -0.05) is 41.4 Å². The Bertz CT molecular complexity index is 1370. The fourth-order valence-electron chi connectivity index (χ4n) is 6.01. The van der Waals surface area contributed by atoms with E-state index in [1.165, 1.54) is 11.1 Å². The lowest BCUT2D eigenvalue weighted by Crippen LogP contribution is -2.53. The number of halogens is 2. The molecule has 0 saturated carbocycles. The maximum Gasteiger partial charge on any atom is 0.410 e. The molecule has 3 aliphatic rings. The lowest BCUT2D eigenvalue weighted by Gasteiger charge is -2.35. The molecule has 1 aliphatic carbocycles. The van der Waals surface area contributed by atoms with Gasteiger partial charge in [0.1, 0.15) is 6.61 Å². The molecule has 230 valence electrons. The van der Waals surface area contributed by atoms with Crippen LogP contribution in [0.2, 0.25) is 10.0 Å². The van der Waals surface area contributed by atoms with Crippen molar-refractivity contribution in [3.05, 3.63) is 74.8 Å². The van der Waals surface area contributed by atoms with Crippen molar-refractivity contribution in [1.82, 2.24) is 19.6 Å². The van der Waals surface area contributed by atoms with Crippen molar-refractivity contribution < 1.29 is 23.9 Å². The second-order valence-electron chi connectivity index (χ2n) is 11.2. The highest BCUT2D eigenvalue weighted by molar-refractivity contribution is 6.34. The van der Waals surface area contributed by atoms with E-state index in [1.54, 1.807) is 42.0 Å². The Morgan fingerprint density at radius 2 is 1.65 bits per heavy atom. The molecule has 1 saturated heterocycles. The molecule has 2 aromatic rings. The summed E-state index contributed by atoms with van der Waals surface area (Å²) in [4.78, 5) is 45.1. The van der Waals surface area contributed by atoms with Crippen LogP contribution in [0.1, 0.15) is 48.1 Å². The van der Waals surface area contributed by atoms with Crippen molar-refractivity contribution in [2.24, 2.45) is 0 Å². The quantitative estimate of drug-likeness (QED) is 0.395. The van der Waals surface area contributed by atoms with Crippen LogP contribution in [0, 0.1) is 0 Å². The molecule has 2 heterocycles. The Labute approximate surface area is 262 Å². The Kier molecular flexibility index (Phi) is 10.2. The fraction of sp³-hybridized carbons (Fsp3) is 0.469. The molecular formula is C32H38Cl2N4O5. The highest BCUT2D eigenvalue weighted by Crippen LogP contribution is 2.38. The number of carbonyl (C=O) groups is 3. The van der Waals surface area contributed by atoms with Gasteiger partial charge in [-0.05, 0) is 78.3 Å². The monoisotopic (exact) mass is 628 g/mol. The van der Waals surface area contributed by atoms with E-state index in [0.29, 0.717) is 55.9 Å². The molecule has 5 rings (SSSR count). The minimum atomic E-state index is -0.390. The van der Waals surface area contributed by atoms with Crippen LogP contribution in [0.4, 0.5) is 9.59 Å². The van der Waals surface area contributed by atoms with Crippen LogP contribution >= 0.6 is 23.2 Å². The zero-order valence-electron chi connectivity index (χ0n) is 24.7. The van der Waals surface area contributed by atoms with Gasteiger partial charge in [-0.2, -0.15) is 0 Å². The SMILES string of the molecule is CCOC(=O)N1CCN(C(=O)CN2CC=C(c3ccc4c(c3)C(N(C)C(=O)OCc3cc(Cl)cc(Cl)c3)CC4)CC2)CC1. The van der Waals surface area contributed by atoms with Crippen molar-refractivity contribution >= 4 is 46.9 Å². The molecule has 43 heavy (non-hydrogen) atoms. The number of nitrogens with zero attached hydrogens (tertiary/aromatic N) is 4. The number of carbonyl (C=O) groups excluding carboxylic acids is 3. The number of benzene rings is 2. The molecule has 1 fully saturated rings. The highest BCUT2D eigenvalue weighted by Gasteiger charge is 2.31. The van der Waals surface area contributed by atoms with E-state index in [1.807, 2.05) is 4.90 Å². The van der Waals surface area contributed by atoms with Crippen LogP contribution in [0.3, 0.4) is 0 Å². The van der Waals surface area contributed by atoms with Crippen LogP contribution in [-0.2, 0) is 27.3 Å². The largest absolute Gasteiger partial charge is 0.450 e. The van der Waals surface area contributed by atoms with Gasteiger partial charge in [-0.3, -0.25) is 9.69 Å². The zero-order chi connectivity index (χ0) is 30.5. The van der Waals surface area contributed by atoms with E-state index in [4.69, 9.17) is 32.7 Å². The van der Waals surface area contributed by atoms with Crippen molar-refractivity contribution in [2.45, 2.75) is 38.8 Å². The molecule has 2 aliphatic heterocycles. The van der Waals surface area contributed by atoms with E-state index in [0.717, 1.165) is 42.5 Å². The van der Waals surface area contributed by atoms with E-state index >= 15 is 0 Å². The third kappa shape index (κ3) is 7.63. The van der Waals surface area contributed by atoms with Crippen LogP contribution in [0.15, 0.2) is 42.5 Å². The van der Waals surface area contributed by atoms with Crippen molar-refractivity contribution in [3.8, 4) is 0 Å². The van der Waals surface area contributed by atoms with Gasteiger partial charge < -0.3 is 24.2 Å². The number of hydrogen-bond donors (Lipinski definition) is 0. The van der Waals surface area contributed by atoms with Gasteiger partial charge >= 0.3 is 12.2 Å². The molecule has 1 unspecified atom stereocenters. The lowest BCUT2D eigenvalue weighted by atomic mass is 9.95. The predicted octanol–water partition coefficient (Wildman–Crippen LogP) is 5.64. The number of hydrogen-bond acceptors (Lipinski definition) is 6. The smallest absolute Gasteiger partial charge is 0.410 e. The summed E-state index contributed by atoms with van der Waals surface area (Å²) < 4.78 is 10.7. The molecule has 3 amide bonds. The van der Waals surface area contributed by atoms with Crippen LogP contribution in [0.25, 0.3) is 5.57 Å². The molecule has 0 bridgehead atoms. The summed E-state index contributed by atoms with van der Waals surface area (Å²) in [5.74, 6) is 0.0918. The van der Waals surface area contributed by atoms with Gasteiger partial charge in [0, 0.05) is 56.4 Å². The summed E-state index contributed by atoms with van der Waals surface area (Å²) in [7, 11) is 1.78. The van der Waals surface area contributed by atoms with Gasteiger partial charge in [0.2, 0.25) is 5.91 Å². The number of amides is 3. The third-order valence-electron chi connectivity index (χ3n) is 8.41. The number of piperazine rings is 1. The standard InChI is InChI=1S/C32H38Cl2N4O5/c1-3-42-32(41)38-14-12-37(13-15-38)30(39)20-36-10-8-23(9-11-36)25-5-4-24-6-7-29(28(24)18-25)35(2)31(40)43-21-22-16-26(33)19-27(34)17-22/h4-5,8,16-19,29H,3,6-7,9-15,20-21H2,1-2H3. The minimum Gasteiger partial charge on any atom is -0.450 e. The van der Waals surface area contributed by atoms with E-state index in [2.05, 4.69) is 29.2 Å². The van der Waals surface area contributed by atoms with Gasteiger partial charge in [-0.15, -0.1) is 0 Å². The van der Waals surface area contributed by atoms with E-state index < -0.39 is 0 Å². The molecule has 9 nitrogen and oxygen atoms in total. The van der Waals surface area contributed by atoms with Crippen molar-refractivity contribution in [3.63, 3.8) is 0 Å². The Morgan fingerprint density at radius 3 is 2.33 bits per heavy atom. The van der Waals surface area contributed by atoms with Gasteiger partial charge in [-0.25, -0.2) is 9.59 Å². The molecular weight excluding hydrogens is 591 g/mol. The van der Waals surface area contributed by atoms with Crippen molar-refractivity contribution in [1.29, 1.82) is 0 Å². The molecule has 0 spiro atoms. The topological polar surface area (TPSA) is 82.6 Å². The van der Waals surface area contributed by atoms with Gasteiger partial charge in [0.25, 0.3) is 0 Å². The molecule has 11 heteroatoms. The van der Waals surface area contributed by atoms with Crippen molar-refractivity contribution in [2.75, 3.05) is 59.5 Å². The minimum absolute atomic E-state index is 0.0620. The lowest BCUT2D eigenvalue weighted by molar-refractivity contribution is -0.133. The number of rotatable bonds is 7. The molecule has 0 radical (unpaired) electrons. The zero-order valence-corrected chi connectivity index (χ0v) is 26.2. The molecule has 0 N–H and O–H groups in total. The van der Waals surface area contributed by atoms with Crippen LogP contribution in [0.5, 0.6) is 0 Å². The normalized spacial score (nSPS) is 18.6. The summed E-state index contributed by atoms with van der Waals surface area (Å²) >= 11 is 12.2. The van der Waals surface area contributed by atoms with Gasteiger partial charge in [0.05, 0.1) is 19.2 Å². The summed E-state index contributed by atoms with van der Waals surface area (Å²) in [6.45, 7) is 6.14. The first-order valence-electron chi connectivity index (χ1n) is 14.8. The Hall–Kier alpha value is -3.27. The first kappa shape index (κ1) is 31.2. The second kappa shape index (κ2) is 14.0. The van der Waals surface area contributed by atoms with E-state index in [9.17, 15) is 14.4 Å². The maximum absolute atomic E-state index is 12.9. The van der Waals surface area contributed by atoms with E-state index in [-0.39, 0.29) is 30.7 Å². The summed E-state index contributed by atoms with van der Waals surface area (Å²) in [5.41, 5.74) is 5.56.